The van der Waals surface area contributed by atoms with Crippen LogP contribution in [0, 0.1) is 0 Å². The highest BCUT2D eigenvalue weighted by Gasteiger charge is 2.23. The zero-order chi connectivity index (χ0) is 12.3. The number of aromatic carboxylic acids is 1. The smallest absolute Gasteiger partial charge is 0.347 e. The first-order chi connectivity index (χ1) is 7.34. The third-order valence-electron chi connectivity index (χ3n) is 1.68. The molecule has 8 heteroatoms. The summed E-state index contributed by atoms with van der Waals surface area (Å²) in [6.45, 7) is 1.27. The quantitative estimate of drug-likeness (QED) is 0.700. The van der Waals surface area contributed by atoms with E-state index in [0.717, 1.165) is 11.3 Å². The summed E-state index contributed by atoms with van der Waals surface area (Å²) in [6.07, 6.45) is -0.832. The van der Waals surface area contributed by atoms with E-state index in [1.54, 1.807) is 0 Å². The van der Waals surface area contributed by atoms with Gasteiger partial charge in [-0.3, -0.25) is 0 Å². The number of aliphatic hydroxyl groups is 1. The first-order valence-corrected chi connectivity index (χ1v) is 6.69. The molecule has 90 valence electrons. The molecule has 3 N–H and O–H groups in total. The van der Waals surface area contributed by atoms with Crippen LogP contribution < -0.4 is 4.72 Å². The van der Waals surface area contributed by atoms with Gasteiger partial charge < -0.3 is 10.2 Å². The Kier molecular flexibility index (Phi) is 4.03. The third-order valence-corrected chi connectivity index (χ3v) is 4.18. The molecule has 1 atom stereocenters. The van der Waals surface area contributed by atoms with E-state index in [1.165, 1.54) is 18.4 Å². The van der Waals surface area contributed by atoms with E-state index in [-0.39, 0.29) is 16.3 Å². The number of hydrogen-bond acceptors (Lipinski definition) is 5. The molecule has 1 heterocycles. The molecule has 0 radical (unpaired) electrons. The van der Waals surface area contributed by atoms with Crippen LogP contribution in [0.1, 0.15) is 16.6 Å². The fourth-order valence-electron chi connectivity index (χ4n) is 0.973. The average Bonchev–Trinajstić information content (AvgIpc) is 2.63. The lowest BCUT2D eigenvalue weighted by molar-refractivity contribution is 0.0698. The molecular formula is C8H11NO5S2. The highest BCUT2D eigenvalue weighted by molar-refractivity contribution is 7.89. The van der Waals surface area contributed by atoms with E-state index >= 15 is 0 Å². The summed E-state index contributed by atoms with van der Waals surface area (Å²) in [5.74, 6) is -1.28. The second-order valence-corrected chi connectivity index (χ2v) is 5.77. The van der Waals surface area contributed by atoms with Gasteiger partial charge in [0.15, 0.2) is 0 Å². The van der Waals surface area contributed by atoms with E-state index in [9.17, 15) is 13.2 Å². The van der Waals surface area contributed by atoms with Gasteiger partial charge in [0.05, 0.1) is 6.10 Å². The lowest BCUT2D eigenvalue weighted by Crippen LogP contribution is -2.31. The number of carbonyl (C=O) groups is 1. The van der Waals surface area contributed by atoms with Gasteiger partial charge in [-0.05, 0) is 18.4 Å². The van der Waals surface area contributed by atoms with Crippen molar-refractivity contribution < 1.29 is 23.4 Å². The van der Waals surface area contributed by atoms with Gasteiger partial charge in [0.1, 0.15) is 9.77 Å². The normalized spacial score (nSPS) is 13.6. The van der Waals surface area contributed by atoms with Crippen molar-refractivity contribution in [1.29, 1.82) is 0 Å². The lowest BCUT2D eigenvalue weighted by atomic mass is 10.4. The van der Waals surface area contributed by atoms with Crippen LogP contribution in [-0.2, 0) is 10.0 Å². The number of carboxylic acids is 1. The Bertz CT molecular complexity index is 476. The summed E-state index contributed by atoms with van der Waals surface area (Å²) in [6, 6.07) is 1.22. The van der Waals surface area contributed by atoms with E-state index in [4.69, 9.17) is 10.2 Å². The Morgan fingerprint density at radius 2 is 2.25 bits per heavy atom. The summed E-state index contributed by atoms with van der Waals surface area (Å²) in [7, 11) is -3.87. The van der Waals surface area contributed by atoms with Gasteiger partial charge in [-0.2, -0.15) is 0 Å². The molecule has 1 aromatic rings. The topological polar surface area (TPSA) is 104 Å². The van der Waals surface area contributed by atoms with Crippen molar-refractivity contribution in [2.75, 3.05) is 6.54 Å². The minimum absolute atomic E-state index is 0.156. The van der Waals surface area contributed by atoms with Crippen LogP contribution in [0.25, 0.3) is 0 Å². The van der Waals surface area contributed by atoms with Gasteiger partial charge >= 0.3 is 5.97 Å². The molecule has 1 rings (SSSR count). The van der Waals surface area contributed by atoms with Gasteiger partial charge in [0.25, 0.3) is 0 Å². The zero-order valence-corrected chi connectivity index (χ0v) is 10.0. The van der Waals surface area contributed by atoms with Gasteiger partial charge in [-0.25, -0.2) is 17.9 Å². The summed E-state index contributed by atoms with van der Waals surface area (Å²) < 4.78 is 25.4. The molecular weight excluding hydrogens is 254 g/mol. The van der Waals surface area contributed by atoms with Crippen molar-refractivity contribution in [1.82, 2.24) is 4.72 Å². The van der Waals surface area contributed by atoms with Crippen molar-refractivity contribution in [3.63, 3.8) is 0 Å². The van der Waals surface area contributed by atoms with E-state index < -0.39 is 22.1 Å². The number of thiophene rings is 1. The van der Waals surface area contributed by atoms with Crippen molar-refractivity contribution in [2.45, 2.75) is 17.9 Å². The van der Waals surface area contributed by atoms with E-state index in [2.05, 4.69) is 4.72 Å². The van der Waals surface area contributed by atoms with Crippen LogP contribution in [-0.4, -0.2) is 37.2 Å². The number of sulfonamides is 1. The number of nitrogens with one attached hydrogen (secondary N) is 1. The summed E-state index contributed by atoms with van der Waals surface area (Å²) in [5, 5.41) is 19.1. The second-order valence-electron chi connectivity index (χ2n) is 3.12. The summed E-state index contributed by atoms with van der Waals surface area (Å²) >= 11 is 0.838. The molecule has 0 amide bonds. The number of carboxylic acid groups (broad SMARTS) is 1. The van der Waals surface area contributed by atoms with Crippen molar-refractivity contribution in [3.8, 4) is 0 Å². The SMILES string of the molecule is C[C@H](O)CNS(=O)(=O)c1ccsc1C(=O)O. The largest absolute Gasteiger partial charge is 0.477 e. The Morgan fingerprint density at radius 1 is 1.62 bits per heavy atom. The molecule has 0 saturated carbocycles. The Balaban J connectivity index is 2.99. The highest BCUT2D eigenvalue weighted by atomic mass is 32.2. The third kappa shape index (κ3) is 3.01. The van der Waals surface area contributed by atoms with Crippen LogP contribution in [0.2, 0.25) is 0 Å². The molecule has 16 heavy (non-hydrogen) atoms. The van der Waals surface area contributed by atoms with Gasteiger partial charge in [-0.15, -0.1) is 11.3 Å². The fraction of sp³-hybridized carbons (Fsp3) is 0.375. The maximum Gasteiger partial charge on any atom is 0.347 e. The van der Waals surface area contributed by atoms with E-state index in [0.29, 0.717) is 0 Å². The van der Waals surface area contributed by atoms with Crippen molar-refractivity contribution in [3.05, 3.63) is 16.3 Å². The number of rotatable bonds is 5. The average molecular weight is 265 g/mol. The Labute approximate surface area is 96.6 Å². The number of hydrogen-bond donors (Lipinski definition) is 3. The monoisotopic (exact) mass is 265 g/mol. The molecule has 0 aromatic carbocycles. The molecule has 6 nitrogen and oxygen atoms in total. The minimum Gasteiger partial charge on any atom is -0.477 e. The Hall–Kier alpha value is -0.960. The summed E-state index contributed by atoms with van der Waals surface area (Å²) in [5.41, 5.74) is 0. The van der Waals surface area contributed by atoms with Gasteiger partial charge in [0.2, 0.25) is 10.0 Å². The zero-order valence-electron chi connectivity index (χ0n) is 8.37. The molecule has 0 aliphatic carbocycles. The number of aliphatic hydroxyl groups excluding tert-OH is 1. The van der Waals surface area contributed by atoms with Crippen LogP contribution in [0.5, 0.6) is 0 Å². The van der Waals surface area contributed by atoms with Crippen molar-refractivity contribution >= 4 is 27.3 Å². The van der Waals surface area contributed by atoms with Crippen LogP contribution in [0.15, 0.2) is 16.3 Å². The molecule has 1 aromatic heterocycles. The first-order valence-electron chi connectivity index (χ1n) is 4.33. The van der Waals surface area contributed by atoms with Crippen molar-refractivity contribution in [2.24, 2.45) is 0 Å². The van der Waals surface area contributed by atoms with Crippen LogP contribution in [0.3, 0.4) is 0 Å². The molecule has 0 spiro atoms. The molecule has 0 unspecified atom stereocenters. The first kappa shape index (κ1) is 13.1. The van der Waals surface area contributed by atoms with E-state index in [1.807, 2.05) is 0 Å². The molecule has 0 aliphatic heterocycles. The molecule has 0 fully saturated rings. The standard InChI is InChI=1S/C8H11NO5S2/c1-5(10)4-9-16(13,14)6-2-3-15-7(6)8(11)12/h2-3,5,9-10H,4H2,1H3,(H,11,12)/t5-/m0/s1. The lowest BCUT2D eigenvalue weighted by Gasteiger charge is -2.07. The predicted octanol–water partition coefficient (Wildman–Crippen LogP) is 0.105. The fourth-order valence-corrected chi connectivity index (χ4v) is 3.35. The minimum atomic E-state index is -3.87. The van der Waals surface area contributed by atoms with Gasteiger partial charge in [-0.1, -0.05) is 0 Å². The van der Waals surface area contributed by atoms with Gasteiger partial charge in [0, 0.05) is 6.54 Å². The predicted molar refractivity (Wildman–Crippen MR) is 58.1 cm³/mol. The maximum absolute atomic E-state index is 11.6. The molecule has 0 saturated heterocycles. The second kappa shape index (κ2) is 4.91. The highest BCUT2D eigenvalue weighted by Crippen LogP contribution is 2.21. The Morgan fingerprint density at radius 3 is 2.75 bits per heavy atom. The van der Waals surface area contributed by atoms with Crippen LogP contribution >= 0.6 is 11.3 Å². The molecule has 0 aliphatic rings. The summed E-state index contributed by atoms with van der Waals surface area (Å²) in [4.78, 5) is 10.2. The maximum atomic E-state index is 11.6. The van der Waals surface area contributed by atoms with Crippen LogP contribution in [0.4, 0.5) is 0 Å². The molecule has 0 bridgehead atoms.